The standard InChI is InChI=1S/C22H31Cl.ClH/c23-22-17-19(12-8-11-18-9-4-1-2-5-10-18)15-16-21(22)20-13-6-3-7-14-20;/h8,12,15-18,20H,1-7,9-11,13-14H2;1H. The van der Waals surface area contributed by atoms with Crippen LogP contribution in [0, 0.1) is 5.92 Å². The topological polar surface area (TPSA) is 0 Å². The minimum atomic E-state index is 0. The van der Waals surface area contributed by atoms with Crippen molar-refractivity contribution in [3.63, 3.8) is 0 Å². The van der Waals surface area contributed by atoms with Gasteiger partial charge >= 0.3 is 1.43 Å². The van der Waals surface area contributed by atoms with Crippen molar-refractivity contribution in [1.82, 2.24) is 0 Å². The van der Waals surface area contributed by atoms with Crippen molar-refractivity contribution in [2.24, 2.45) is 5.92 Å². The van der Waals surface area contributed by atoms with Crippen molar-refractivity contribution in [2.45, 2.75) is 83.0 Å². The lowest BCUT2D eigenvalue weighted by Crippen LogP contribution is -3.00. The molecule has 0 amide bonds. The molecule has 134 valence electrons. The van der Waals surface area contributed by atoms with Gasteiger partial charge < -0.3 is 12.4 Å². The van der Waals surface area contributed by atoms with Crippen LogP contribution in [0.2, 0.25) is 5.02 Å². The second-order valence-corrected chi connectivity index (χ2v) is 8.02. The largest absolute Gasteiger partial charge is 1.00 e. The van der Waals surface area contributed by atoms with Gasteiger partial charge in [-0.3, -0.25) is 0 Å². The first-order valence-electron chi connectivity index (χ1n) is 9.79. The van der Waals surface area contributed by atoms with E-state index in [0.717, 1.165) is 10.9 Å². The van der Waals surface area contributed by atoms with Gasteiger partial charge in [-0.1, -0.05) is 93.7 Å². The maximum atomic E-state index is 6.58. The maximum Gasteiger partial charge on any atom is 1.00 e. The lowest BCUT2D eigenvalue weighted by atomic mass is 9.84. The Morgan fingerprint density at radius 2 is 1.54 bits per heavy atom. The average molecular weight is 367 g/mol. The number of hydrogen-bond acceptors (Lipinski definition) is 0. The van der Waals surface area contributed by atoms with Crippen molar-refractivity contribution in [3.8, 4) is 0 Å². The molecule has 2 saturated carbocycles. The molecule has 0 radical (unpaired) electrons. The molecule has 1 aromatic rings. The van der Waals surface area contributed by atoms with Crippen LogP contribution in [0.25, 0.3) is 6.08 Å². The van der Waals surface area contributed by atoms with Crippen LogP contribution in [-0.2, 0) is 0 Å². The lowest BCUT2D eigenvalue weighted by molar-refractivity contribution is -0.00000467. The van der Waals surface area contributed by atoms with Crippen LogP contribution >= 0.6 is 11.6 Å². The fraction of sp³-hybridized carbons (Fsp3) is 0.636. The molecule has 3 rings (SSSR count). The van der Waals surface area contributed by atoms with E-state index in [-0.39, 0.29) is 13.8 Å². The molecule has 1 aromatic carbocycles. The van der Waals surface area contributed by atoms with Crippen molar-refractivity contribution < 1.29 is 13.8 Å². The second-order valence-electron chi connectivity index (χ2n) is 7.61. The Hall–Kier alpha value is -0.460. The van der Waals surface area contributed by atoms with Crippen LogP contribution in [0.1, 0.15) is 95.5 Å². The third kappa shape index (κ3) is 5.81. The first kappa shape index (κ1) is 19.9. The molecule has 0 N–H and O–H groups in total. The van der Waals surface area contributed by atoms with E-state index in [1.165, 1.54) is 88.2 Å². The van der Waals surface area contributed by atoms with Crippen LogP contribution in [0.3, 0.4) is 0 Å². The van der Waals surface area contributed by atoms with Gasteiger partial charge in [-0.25, -0.2) is 0 Å². The van der Waals surface area contributed by atoms with E-state index in [2.05, 4.69) is 30.4 Å². The highest BCUT2D eigenvalue weighted by atomic mass is 35.5. The molecule has 2 aliphatic rings. The molecule has 0 heterocycles. The van der Waals surface area contributed by atoms with Gasteiger partial charge in [0.2, 0.25) is 0 Å². The molecule has 0 aromatic heterocycles. The Labute approximate surface area is 161 Å². The summed E-state index contributed by atoms with van der Waals surface area (Å²) in [5, 5.41) is 0.980. The molecule has 0 aliphatic heterocycles. The number of benzene rings is 1. The fourth-order valence-electron chi connectivity index (χ4n) is 4.39. The maximum absolute atomic E-state index is 6.58. The molecule has 2 fully saturated rings. The molecule has 0 spiro atoms. The highest BCUT2D eigenvalue weighted by molar-refractivity contribution is 6.31. The summed E-state index contributed by atoms with van der Waals surface area (Å²) in [6.45, 7) is 0. The summed E-state index contributed by atoms with van der Waals surface area (Å²) in [5.74, 6) is 1.60. The Morgan fingerprint density at radius 1 is 0.917 bits per heavy atom. The molecular formula is C22H32Cl2. The highest BCUT2D eigenvalue weighted by Gasteiger charge is 2.17. The normalized spacial score (nSPS) is 20.7. The molecule has 2 aliphatic carbocycles. The SMILES string of the molecule is Clc1cc(C=CCC2CCCCCC2)ccc1C1CCCCC1.[Cl-].[H+]. The van der Waals surface area contributed by atoms with Gasteiger partial charge in [0.25, 0.3) is 0 Å². The first-order chi connectivity index (χ1) is 11.3. The highest BCUT2D eigenvalue weighted by Crippen LogP contribution is 2.36. The zero-order valence-electron chi connectivity index (χ0n) is 15.8. The third-order valence-electron chi connectivity index (χ3n) is 5.82. The predicted molar refractivity (Wildman–Crippen MR) is 103 cm³/mol. The molecule has 24 heavy (non-hydrogen) atoms. The number of hydrogen-bond donors (Lipinski definition) is 0. The first-order valence-corrected chi connectivity index (χ1v) is 10.2. The lowest BCUT2D eigenvalue weighted by Gasteiger charge is -2.23. The summed E-state index contributed by atoms with van der Waals surface area (Å²) >= 11 is 6.58. The monoisotopic (exact) mass is 366 g/mol. The van der Waals surface area contributed by atoms with Crippen LogP contribution in [0.5, 0.6) is 0 Å². The predicted octanol–water partition coefficient (Wildman–Crippen LogP) is 4.88. The molecule has 2 heteroatoms. The Bertz CT molecular complexity index is 513. The zero-order valence-corrected chi connectivity index (χ0v) is 16.3. The third-order valence-corrected chi connectivity index (χ3v) is 6.15. The molecular weight excluding hydrogens is 335 g/mol. The number of rotatable bonds is 4. The van der Waals surface area contributed by atoms with E-state index < -0.39 is 0 Å². The summed E-state index contributed by atoms with van der Waals surface area (Å²) in [6, 6.07) is 6.72. The van der Waals surface area contributed by atoms with Crippen LogP contribution in [-0.4, -0.2) is 0 Å². The summed E-state index contributed by atoms with van der Waals surface area (Å²) in [7, 11) is 0. The van der Waals surface area contributed by atoms with Crippen molar-refractivity contribution in [1.29, 1.82) is 0 Å². The van der Waals surface area contributed by atoms with Crippen molar-refractivity contribution >= 4 is 17.7 Å². The van der Waals surface area contributed by atoms with E-state index in [9.17, 15) is 0 Å². The van der Waals surface area contributed by atoms with Gasteiger partial charge in [0.1, 0.15) is 0 Å². The van der Waals surface area contributed by atoms with Crippen LogP contribution in [0.4, 0.5) is 0 Å². The molecule has 0 atom stereocenters. The van der Waals surface area contributed by atoms with Crippen LogP contribution < -0.4 is 12.4 Å². The van der Waals surface area contributed by atoms with Crippen molar-refractivity contribution in [3.05, 3.63) is 40.4 Å². The van der Waals surface area contributed by atoms with E-state index in [4.69, 9.17) is 11.6 Å². The minimum absolute atomic E-state index is 0. The fourth-order valence-corrected chi connectivity index (χ4v) is 4.73. The van der Waals surface area contributed by atoms with E-state index >= 15 is 0 Å². The molecule has 0 bridgehead atoms. The second kappa shape index (κ2) is 10.5. The average Bonchev–Trinajstić information content (AvgIpc) is 2.85. The van der Waals surface area contributed by atoms with Gasteiger partial charge in [-0.2, -0.15) is 0 Å². The summed E-state index contributed by atoms with van der Waals surface area (Å²) in [5.41, 5.74) is 2.65. The van der Waals surface area contributed by atoms with E-state index in [1.54, 1.807) is 0 Å². The van der Waals surface area contributed by atoms with Gasteiger partial charge in [0, 0.05) is 5.02 Å². The van der Waals surface area contributed by atoms with Gasteiger partial charge in [-0.15, -0.1) is 0 Å². The van der Waals surface area contributed by atoms with E-state index in [0.29, 0.717) is 5.92 Å². The Morgan fingerprint density at radius 3 is 2.21 bits per heavy atom. The number of halogens is 2. The van der Waals surface area contributed by atoms with Gasteiger partial charge in [0.15, 0.2) is 0 Å². The smallest absolute Gasteiger partial charge is 1.00 e. The summed E-state index contributed by atoms with van der Waals surface area (Å²) in [4.78, 5) is 0. The Kier molecular flexibility index (Phi) is 8.70. The van der Waals surface area contributed by atoms with Gasteiger partial charge in [-0.05, 0) is 48.3 Å². The molecule has 0 saturated heterocycles. The quantitative estimate of drug-likeness (QED) is 0.666. The van der Waals surface area contributed by atoms with Crippen molar-refractivity contribution in [2.75, 3.05) is 0 Å². The number of allylic oxidation sites excluding steroid dienone is 1. The molecule has 0 unspecified atom stereocenters. The summed E-state index contributed by atoms with van der Waals surface area (Å²) < 4.78 is 0. The molecule has 0 nitrogen and oxygen atoms in total. The zero-order chi connectivity index (χ0) is 15.9. The summed E-state index contributed by atoms with van der Waals surface area (Å²) in [6.07, 6.45) is 21.2. The Balaban J connectivity index is 0.00000156. The van der Waals surface area contributed by atoms with Gasteiger partial charge in [0.05, 0.1) is 0 Å². The van der Waals surface area contributed by atoms with Crippen LogP contribution in [0.15, 0.2) is 24.3 Å². The minimum Gasteiger partial charge on any atom is -1.00 e. The van der Waals surface area contributed by atoms with E-state index in [1.807, 2.05) is 0 Å².